The minimum Gasteiger partial charge on any atom is -0.457 e. The van der Waals surface area contributed by atoms with Crippen LogP contribution in [0.1, 0.15) is 31.7 Å². The van der Waals surface area contributed by atoms with Gasteiger partial charge in [-0.2, -0.15) is 0 Å². The van der Waals surface area contributed by atoms with E-state index in [0.29, 0.717) is 5.02 Å². The molecule has 1 heterocycles. The SMILES string of the molecule is CC(=CCN1CCCCC1)c1ccc(Oc2ccc(Cl)cc2)cc1. The van der Waals surface area contributed by atoms with Crippen molar-refractivity contribution in [3.05, 3.63) is 65.2 Å². The maximum absolute atomic E-state index is 5.89. The zero-order valence-electron chi connectivity index (χ0n) is 14.2. The molecule has 2 aromatic rings. The molecule has 0 aliphatic carbocycles. The highest BCUT2D eigenvalue weighted by molar-refractivity contribution is 6.30. The van der Waals surface area contributed by atoms with Gasteiger partial charge in [-0.3, -0.25) is 4.90 Å². The summed E-state index contributed by atoms with van der Waals surface area (Å²) in [6, 6.07) is 15.7. The van der Waals surface area contributed by atoms with Crippen molar-refractivity contribution in [2.24, 2.45) is 0 Å². The fraction of sp³-hybridized carbons (Fsp3) is 0.333. The number of likely N-dealkylation sites (tertiary alicyclic amines) is 1. The third-order valence-electron chi connectivity index (χ3n) is 4.46. The Kier molecular flexibility index (Phi) is 5.95. The molecular formula is C21H24ClNO. The Labute approximate surface area is 149 Å². The predicted molar refractivity (Wildman–Crippen MR) is 102 cm³/mol. The number of halogens is 1. The van der Waals surface area contributed by atoms with Crippen LogP contribution < -0.4 is 4.74 Å². The molecule has 0 atom stereocenters. The summed E-state index contributed by atoms with van der Waals surface area (Å²) >= 11 is 5.89. The molecule has 0 spiro atoms. The topological polar surface area (TPSA) is 12.5 Å². The van der Waals surface area contributed by atoms with E-state index in [4.69, 9.17) is 16.3 Å². The second kappa shape index (κ2) is 8.36. The van der Waals surface area contributed by atoms with Crippen molar-refractivity contribution in [2.75, 3.05) is 19.6 Å². The van der Waals surface area contributed by atoms with Gasteiger partial charge in [-0.15, -0.1) is 0 Å². The Morgan fingerprint density at radius 2 is 1.54 bits per heavy atom. The number of nitrogens with zero attached hydrogens (tertiary/aromatic N) is 1. The standard InChI is InChI=1S/C21H24ClNO/c1-17(13-16-23-14-3-2-4-15-23)18-5-9-20(10-6-18)24-21-11-7-19(22)8-12-21/h5-13H,2-4,14-16H2,1H3. The molecule has 0 N–H and O–H groups in total. The first kappa shape index (κ1) is 17.1. The zero-order chi connectivity index (χ0) is 16.8. The van der Waals surface area contributed by atoms with Gasteiger partial charge >= 0.3 is 0 Å². The molecule has 1 aliphatic rings. The third-order valence-corrected chi connectivity index (χ3v) is 4.72. The van der Waals surface area contributed by atoms with Crippen LogP contribution in [-0.4, -0.2) is 24.5 Å². The van der Waals surface area contributed by atoms with Crippen LogP contribution in [0.4, 0.5) is 0 Å². The summed E-state index contributed by atoms with van der Waals surface area (Å²) < 4.78 is 5.84. The lowest BCUT2D eigenvalue weighted by molar-refractivity contribution is 0.251. The van der Waals surface area contributed by atoms with Crippen LogP contribution >= 0.6 is 11.6 Å². The van der Waals surface area contributed by atoms with Crippen LogP contribution in [0.2, 0.25) is 5.02 Å². The number of hydrogen-bond acceptors (Lipinski definition) is 2. The number of ether oxygens (including phenoxy) is 1. The maximum atomic E-state index is 5.89. The molecule has 0 aromatic heterocycles. The van der Waals surface area contributed by atoms with E-state index in [1.807, 2.05) is 36.4 Å². The first-order valence-corrected chi connectivity index (χ1v) is 9.01. The van der Waals surface area contributed by atoms with Crippen molar-refractivity contribution >= 4 is 17.2 Å². The molecule has 0 bridgehead atoms. The molecule has 0 saturated carbocycles. The third kappa shape index (κ3) is 4.86. The van der Waals surface area contributed by atoms with Crippen LogP contribution in [0.15, 0.2) is 54.6 Å². The van der Waals surface area contributed by atoms with Crippen molar-refractivity contribution in [2.45, 2.75) is 26.2 Å². The molecule has 24 heavy (non-hydrogen) atoms. The highest BCUT2D eigenvalue weighted by atomic mass is 35.5. The van der Waals surface area contributed by atoms with Gasteiger partial charge in [0.1, 0.15) is 11.5 Å². The van der Waals surface area contributed by atoms with E-state index in [1.54, 1.807) is 0 Å². The number of benzene rings is 2. The summed E-state index contributed by atoms with van der Waals surface area (Å²) in [5, 5.41) is 0.715. The quantitative estimate of drug-likeness (QED) is 0.659. The van der Waals surface area contributed by atoms with E-state index < -0.39 is 0 Å². The lowest BCUT2D eigenvalue weighted by Crippen LogP contribution is -2.29. The molecule has 0 radical (unpaired) electrons. The molecular weight excluding hydrogens is 318 g/mol. The second-order valence-corrected chi connectivity index (χ2v) is 6.77. The van der Waals surface area contributed by atoms with Crippen molar-refractivity contribution in [3.8, 4) is 11.5 Å². The second-order valence-electron chi connectivity index (χ2n) is 6.33. The van der Waals surface area contributed by atoms with Crippen molar-refractivity contribution in [3.63, 3.8) is 0 Å². The molecule has 0 unspecified atom stereocenters. The van der Waals surface area contributed by atoms with Gasteiger partial charge in [0.15, 0.2) is 0 Å². The lowest BCUT2D eigenvalue weighted by atomic mass is 10.1. The molecule has 3 heteroatoms. The monoisotopic (exact) mass is 341 g/mol. The maximum Gasteiger partial charge on any atom is 0.127 e. The minimum atomic E-state index is 0.715. The molecule has 3 rings (SSSR count). The summed E-state index contributed by atoms with van der Waals surface area (Å²) in [6.45, 7) is 5.70. The minimum absolute atomic E-state index is 0.715. The average molecular weight is 342 g/mol. The van der Waals surface area contributed by atoms with Crippen LogP contribution in [0.5, 0.6) is 11.5 Å². The lowest BCUT2D eigenvalue weighted by Gasteiger charge is -2.25. The van der Waals surface area contributed by atoms with Gasteiger partial charge in [-0.05, 0) is 80.4 Å². The summed E-state index contributed by atoms with van der Waals surface area (Å²) in [5.74, 6) is 1.63. The highest BCUT2D eigenvalue weighted by Gasteiger charge is 2.08. The van der Waals surface area contributed by atoms with E-state index in [1.165, 1.54) is 43.5 Å². The van der Waals surface area contributed by atoms with Crippen LogP contribution in [0.25, 0.3) is 5.57 Å². The molecule has 2 nitrogen and oxygen atoms in total. The van der Waals surface area contributed by atoms with Crippen molar-refractivity contribution < 1.29 is 4.74 Å². The average Bonchev–Trinajstić information content (AvgIpc) is 2.63. The van der Waals surface area contributed by atoms with E-state index in [-0.39, 0.29) is 0 Å². The number of rotatable bonds is 5. The summed E-state index contributed by atoms with van der Waals surface area (Å²) in [4.78, 5) is 2.53. The first-order chi connectivity index (χ1) is 11.7. The molecule has 1 aliphatic heterocycles. The zero-order valence-corrected chi connectivity index (χ0v) is 14.9. The summed E-state index contributed by atoms with van der Waals surface area (Å²) in [7, 11) is 0. The normalized spacial score (nSPS) is 16.2. The van der Waals surface area contributed by atoms with Gasteiger partial charge < -0.3 is 4.74 Å². The fourth-order valence-electron chi connectivity index (χ4n) is 2.95. The van der Waals surface area contributed by atoms with Gasteiger partial charge in [0.25, 0.3) is 0 Å². The Morgan fingerprint density at radius 1 is 0.958 bits per heavy atom. The highest BCUT2D eigenvalue weighted by Crippen LogP contribution is 2.25. The Hall–Kier alpha value is -1.77. The number of piperidine rings is 1. The molecule has 0 amide bonds. The van der Waals surface area contributed by atoms with Crippen LogP contribution in [-0.2, 0) is 0 Å². The Morgan fingerprint density at radius 3 is 2.17 bits per heavy atom. The van der Waals surface area contributed by atoms with Gasteiger partial charge in [-0.1, -0.05) is 36.2 Å². The number of allylic oxidation sites excluding steroid dienone is 1. The molecule has 1 saturated heterocycles. The van der Waals surface area contributed by atoms with E-state index >= 15 is 0 Å². The summed E-state index contributed by atoms with van der Waals surface area (Å²) in [6.07, 6.45) is 6.39. The van der Waals surface area contributed by atoms with E-state index in [9.17, 15) is 0 Å². The largest absolute Gasteiger partial charge is 0.457 e. The van der Waals surface area contributed by atoms with Gasteiger partial charge in [-0.25, -0.2) is 0 Å². The van der Waals surface area contributed by atoms with Crippen molar-refractivity contribution in [1.82, 2.24) is 4.90 Å². The van der Waals surface area contributed by atoms with E-state index in [2.05, 4.69) is 30.0 Å². The smallest absolute Gasteiger partial charge is 0.127 e. The number of hydrogen-bond donors (Lipinski definition) is 0. The molecule has 126 valence electrons. The predicted octanol–water partition coefficient (Wildman–Crippen LogP) is 6.02. The van der Waals surface area contributed by atoms with Gasteiger partial charge in [0.05, 0.1) is 0 Å². The Balaban J connectivity index is 1.59. The summed E-state index contributed by atoms with van der Waals surface area (Å²) in [5.41, 5.74) is 2.56. The fourth-order valence-corrected chi connectivity index (χ4v) is 3.08. The van der Waals surface area contributed by atoms with E-state index in [0.717, 1.165) is 18.0 Å². The first-order valence-electron chi connectivity index (χ1n) is 8.64. The van der Waals surface area contributed by atoms with Gasteiger partial charge in [0.2, 0.25) is 0 Å². The molecule has 1 fully saturated rings. The molecule has 2 aromatic carbocycles. The Bertz CT molecular complexity index is 670. The van der Waals surface area contributed by atoms with Crippen LogP contribution in [0.3, 0.4) is 0 Å². The van der Waals surface area contributed by atoms with Crippen molar-refractivity contribution in [1.29, 1.82) is 0 Å². The van der Waals surface area contributed by atoms with Gasteiger partial charge in [0, 0.05) is 11.6 Å². The van der Waals surface area contributed by atoms with Crippen LogP contribution in [0, 0.1) is 0 Å².